The van der Waals surface area contributed by atoms with Crippen LogP contribution >= 0.6 is 0 Å². The summed E-state index contributed by atoms with van der Waals surface area (Å²) in [6.07, 6.45) is 4.59. The normalized spacial score (nSPS) is 16.1. The number of nitrogens with one attached hydrogen (secondary N) is 1. The van der Waals surface area contributed by atoms with E-state index in [1.807, 2.05) is 0 Å². The van der Waals surface area contributed by atoms with E-state index in [-0.39, 0.29) is 18.6 Å². The smallest absolute Gasteiger partial charge is 0.276 e. The van der Waals surface area contributed by atoms with E-state index in [1.54, 1.807) is 4.90 Å². The van der Waals surface area contributed by atoms with Crippen molar-refractivity contribution in [2.45, 2.75) is 25.3 Å². The highest BCUT2D eigenvalue weighted by Gasteiger charge is 2.29. The average Bonchev–Trinajstić information content (AvgIpc) is 2.66. The molecule has 0 unspecified atom stereocenters. The maximum Gasteiger partial charge on any atom is 0.276 e. The van der Waals surface area contributed by atoms with Gasteiger partial charge < -0.3 is 10.0 Å². The number of carbonyl (C=O) groups is 1. The van der Waals surface area contributed by atoms with Gasteiger partial charge >= 0.3 is 0 Å². The molecular formula is C9H14N4O2. The minimum atomic E-state index is -0.150. The monoisotopic (exact) mass is 210 g/mol. The van der Waals surface area contributed by atoms with Gasteiger partial charge in [0.1, 0.15) is 0 Å². The van der Waals surface area contributed by atoms with E-state index in [9.17, 15) is 4.79 Å². The van der Waals surface area contributed by atoms with Crippen LogP contribution in [0.25, 0.3) is 0 Å². The highest BCUT2D eigenvalue weighted by atomic mass is 16.3. The molecule has 1 aromatic rings. The van der Waals surface area contributed by atoms with Crippen LogP contribution in [0, 0.1) is 0 Å². The van der Waals surface area contributed by atoms with Gasteiger partial charge in [-0.25, -0.2) is 0 Å². The number of aliphatic hydroxyl groups is 1. The molecule has 1 amide bonds. The van der Waals surface area contributed by atoms with E-state index in [1.165, 1.54) is 6.20 Å². The van der Waals surface area contributed by atoms with Crippen molar-refractivity contribution in [3.8, 4) is 0 Å². The number of aromatic nitrogens is 3. The molecule has 6 nitrogen and oxygen atoms in total. The summed E-state index contributed by atoms with van der Waals surface area (Å²) in [6.45, 7) is 0.358. The van der Waals surface area contributed by atoms with Gasteiger partial charge in [0.2, 0.25) is 0 Å². The zero-order valence-electron chi connectivity index (χ0n) is 8.39. The SMILES string of the molecule is O=C(c1cn[nH]n1)N(CCO)C1CCC1. The van der Waals surface area contributed by atoms with E-state index in [2.05, 4.69) is 15.4 Å². The Hall–Kier alpha value is -1.43. The molecule has 1 fully saturated rings. The molecule has 0 atom stereocenters. The summed E-state index contributed by atoms with van der Waals surface area (Å²) in [6, 6.07) is 0.265. The topological polar surface area (TPSA) is 82.1 Å². The summed E-state index contributed by atoms with van der Waals surface area (Å²) in [4.78, 5) is 13.6. The third-order valence-corrected chi connectivity index (χ3v) is 2.75. The predicted octanol–water partition coefficient (Wildman–Crippen LogP) is -0.208. The molecule has 2 N–H and O–H groups in total. The van der Waals surface area contributed by atoms with E-state index in [4.69, 9.17) is 5.11 Å². The minimum absolute atomic E-state index is 0.0138. The molecule has 1 aromatic heterocycles. The summed E-state index contributed by atoms with van der Waals surface area (Å²) in [5.41, 5.74) is 0.315. The molecule has 1 heterocycles. The van der Waals surface area contributed by atoms with Crippen LogP contribution in [0.1, 0.15) is 29.8 Å². The summed E-state index contributed by atoms with van der Waals surface area (Å²) in [5, 5.41) is 18.7. The minimum Gasteiger partial charge on any atom is -0.395 e. The predicted molar refractivity (Wildman–Crippen MR) is 52.1 cm³/mol. The number of amides is 1. The van der Waals surface area contributed by atoms with Crippen LogP contribution in [-0.4, -0.2) is 50.5 Å². The summed E-state index contributed by atoms with van der Waals surface area (Å²) in [7, 11) is 0. The lowest BCUT2D eigenvalue weighted by Crippen LogP contribution is -2.45. The Balaban J connectivity index is 2.06. The molecule has 0 aliphatic heterocycles. The van der Waals surface area contributed by atoms with Gasteiger partial charge in [0, 0.05) is 12.6 Å². The average molecular weight is 210 g/mol. The van der Waals surface area contributed by atoms with Crippen molar-refractivity contribution in [2.75, 3.05) is 13.2 Å². The van der Waals surface area contributed by atoms with Crippen LogP contribution in [0.2, 0.25) is 0 Å². The zero-order chi connectivity index (χ0) is 10.7. The van der Waals surface area contributed by atoms with Crippen molar-refractivity contribution in [1.29, 1.82) is 0 Å². The number of aromatic amines is 1. The molecule has 1 aliphatic rings. The fourth-order valence-corrected chi connectivity index (χ4v) is 1.71. The van der Waals surface area contributed by atoms with Crippen LogP contribution in [0.15, 0.2) is 6.20 Å². The van der Waals surface area contributed by atoms with Crippen molar-refractivity contribution in [3.05, 3.63) is 11.9 Å². The number of hydrogen-bond acceptors (Lipinski definition) is 4. The van der Waals surface area contributed by atoms with Gasteiger partial charge in [0.15, 0.2) is 5.69 Å². The maximum atomic E-state index is 11.9. The third-order valence-electron chi connectivity index (χ3n) is 2.75. The number of rotatable bonds is 4. The Kier molecular flexibility index (Phi) is 2.96. The van der Waals surface area contributed by atoms with Crippen LogP contribution < -0.4 is 0 Å². The Morgan fingerprint density at radius 1 is 1.67 bits per heavy atom. The molecule has 82 valence electrons. The summed E-state index contributed by atoms with van der Waals surface area (Å²) >= 11 is 0. The molecule has 0 radical (unpaired) electrons. The summed E-state index contributed by atoms with van der Waals surface area (Å²) in [5.74, 6) is -0.150. The number of carbonyl (C=O) groups excluding carboxylic acids is 1. The van der Waals surface area contributed by atoms with Gasteiger partial charge in [0.25, 0.3) is 5.91 Å². The second kappa shape index (κ2) is 4.39. The van der Waals surface area contributed by atoms with Gasteiger partial charge in [-0.1, -0.05) is 0 Å². The van der Waals surface area contributed by atoms with Crippen LogP contribution in [0.3, 0.4) is 0 Å². The largest absolute Gasteiger partial charge is 0.395 e. The lowest BCUT2D eigenvalue weighted by atomic mass is 9.91. The molecule has 0 bridgehead atoms. The molecule has 2 rings (SSSR count). The number of hydrogen-bond donors (Lipinski definition) is 2. The second-order valence-electron chi connectivity index (χ2n) is 3.66. The fourth-order valence-electron chi connectivity index (χ4n) is 1.71. The molecule has 0 saturated heterocycles. The molecular weight excluding hydrogens is 196 g/mol. The first-order valence-electron chi connectivity index (χ1n) is 5.10. The molecule has 0 aromatic carbocycles. The van der Waals surface area contributed by atoms with Crippen LogP contribution in [0.5, 0.6) is 0 Å². The van der Waals surface area contributed by atoms with Gasteiger partial charge in [0.05, 0.1) is 12.8 Å². The van der Waals surface area contributed by atoms with Gasteiger partial charge in [-0.05, 0) is 19.3 Å². The van der Waals surface area contributed by atoms with Crippen molar-refractivity contribution >= 4 is 5.91 Å². The van der Waals surface area contributed by atoms with Gasteiger partial charge in [-0.2, -0.15) is 15.4 Å². The zero-order valence-corrected chi connectivity index (χ0v) is 8.39. The van der Waals surface area contributed by atoms with E-state index in [0.29, 0.717) is 12.2 Å². The molecule has 6 heteroatoms. The number of aliphatic hydroxyl groups excluding tert-OH is 1. The van der Waals surface area contributed by atoms with Crippen molar-refractivity contribution in [3.63, 3.8) is 0 Å². The van der Waals surface area contributed by atoms with E-state index < -0.39 is 0 Å². The summed E-state index contributed by atoms with van der Waals surface area (Å²) < 4.78 is 0. The van der Waals surface area contributed by atoms with E-state index in [0.717, 1.165) is 19.3 Å². The highest BCUT2D eigenvalue weighted by Crippen LogP contribution is 2.25. The Labute approximate surface area is 87.3 Å². The van der Waals surface area contributed by atoms with E-state index >= 15 is 0 Å². The van der Waals surface area contributed by atoms with Crippen molar-refractivity contribution in [2.24, 2.45) is 0 Å². The first-order chi connectivity index (χ1) is 7.33. The van der Waals surface area contributed by atoms with Crippen molar-refractivity contribution in [1.82, 2.24) is 20.3 Å². The number of nitrogens with zero attached hydrogens (tertiary/aromatic N) is 3. The number of H-pyrrole nitrogens is 1. The quantitative estimate of drug-likeness (QED) is 0.720. The second-order valence-corrected chi connectivity index (χ2v) is 3.66. The maximum absolute atomic E-state index is 11.9. The third kappa shape index (κ3) is 1.99. The first kappa shape index (κ1) is 10.1. The lowest BCUT2D eigenvalue weighted by molar-refractivity contribution is 0.0520. The van der Waals surface area contributed by atoms with Gasteiger partial charge in [-0.3, -0.25) is 4.79 Å². The van der Waals surface area contributed by atoms with Crippen molar-refractivity contribution < 1.29 is 9.90 Å². The van der Waals surface area contributed by atoms with Crippen LogP contribution in [-0.2, 0) is 0 Å². The highest BCUT2D eigenvalue weighted by molar-refractivity contribution is 5.92. The van der Waals surface area contributed by atoms with Crippen LogP contribution in [0.4, 0.5) is 0 Å². The molecule has 15 heavy (non-hydrogen) atoms. The first-order valence-corrected chi connectivity index (χ1v) is 5.10. The Morgan fingerprint density at radius 3 is 2.93 bits per heavy atom. The fraction of sp³-hybridized carbons (Fsp3) is 0.667. The lowest BCUT2D eigenvalue weighted by Gasteiger charge is -2.36. The molecule has 0 spiro atoms. The Bertz CT molecular complexity index is 321. The molecule has 1 saturated carbocycles. The molecule has 1 aliphatic carbocycles. The standard InChI is InChI=1S/C9H14N4O2/c14-5-4-13(7-2-1-3-7)9(15)8-6-10-12-11-8/h6-7,14H,1-5H2,(H,10,11,12). The van der Waals surface area contributed by atoms with Gasteiger partial charge in [-0.15, -0.1) is 0 Å². The Morgan fingerprint density at radius 2 is 2.47 bits per heavy atom.